The summed E-state index contributed by atoms with van der Waals surface area (Å²) in [6.07, 6.45) is -6.98. The Morgan fingerprint density at radius 3 is 1.79 bits per heavy atom. The Morgan fingerprint density at radius 2 is 1.28 bits per heavy atom. The van der Waals surface area contributed by atoms with Crippen LogP contribution in [0.25, 0.3) is 11.3 Å². The second kappa shape index (κ2) is 24.1. The predicted octanol–water partition coefficient (Wildman–Crippen LogP) is 5.95. The number of carbonyl (C=O) groups is 4. The first kappa shape index (κ1) is 60.0. The number of methoxy groups -OCH3 is 2. The van der Waals surface area contributed by atoms with E-state index >= 15 is 8.78 Å². The number of ether oxygens (including phenoxy) is 3. The Hall–Kier alpha value is -7.15. The number of nitrogens with one attached hydrogen (secondary N) is 4. The minimum absolute atomic E-state index is 0.00405. The highest BCUT2D eigenvalue weighted by atomic mass is 19.4. The molecule has 8 rings (SSSR count). The van der Waals surface area contributed by atoms with Gasteiger partial charge in [0.2, 0.25) is 11.9 Å². The van der Waals surface area contributed by atoms with E-state index in [-0.39, 0.29) is 17.3 Å². The van der Waals surface area contributed by atoms with Gasteiger partial charge in [0.05, 0.1) is 73.8 Å². The summed E-state index contributed by atoms with van der Waals surface area (Å²) < 4.78 is 136. The number of fused-ring (bicyclic) bond motifs is 2. The zero-order valence-corrected chi connectivity index (χ0v) is 45.1. The van der Waals surface area contributed by atoms with E-state index in [1.165, 1.54) is 18.2 Å². The van der Waals surface area contributed by atoms with Gasteiger partial charge in [-0.2, -0.15) is 31.4 Å². The van der Waals surface area contributed by atoms with Gasteiger partial charge in [-0.25, -0.2) is 33.3 Å². The Balaban J connectivity index is 1.07. The molecule has 2 aromatic carbocycles. The maximum absolute atomic E-state index is 16.2. The highest BCUT2D eigenvalue weighted by Crippen LogP contribution is 2.42. The molecule has 0 radical (unpaired) electrons. The van der Waals surface area contributed by atoms with E-state index in [1.807, 2.05) is 10.6 Å². The first-order chi connectivity index (χ1) is 38.2. The van der Waals surface area contributed by atoms with E-state index in [9.17, 15) is 50.6 Å². The summed E-state index contributed by atoms with van der Waals surface area (Å²) in [5.74, 6) is 1.03. The number of alkyl halides is 6. The minimum atomic E-state index is -5.18. The SMILES string of the molecule is COC(=O)N[C@H](C(=O)N[C@@H](Cc1ccc(C#Cc2cnc(N3CC4CCC(C3)N4C3COC3)nc2)cc1)[C@@H](O)CN(Cc1c(F)cc(-c2ccn(C3CC3)n2)cc1F)NC(=O)[C@@H](NC(=O)OC)C(C)(C)C(F)(F)F)C(C)(C)C(F)(F)F. The standard InChI is InChI=1S/C54H63F8N11O8/c1-51(2,53(57,58)59)44(66-49(77)79-5)46(75)65-42(19-31-10-7-30(8-11-31)9-12-32-22-63-48(64-23-32)70-24-35-15-16-36(25-70)73(35)37-28-81-29-37)43(74)27-71(69-47(76)45(67-50(78)80-6)52(3,4)54(60,61)62)26-38-39(55)20-33(21-40(38)56)41-17-18-72(68-41)34-13-14-34/h7-8,10-11,17-18,20-23,34-37,42-45,74H,13-16,19,24-29H2,1-6H3,(H,65,75)(H,66,77)(H,67,78)(H,69,76)/t35?,36?,42-,43-,44+,45+/m0/s1. The van der Waals surface area contributed by atoms with Crippen LogP contribution >= 0.6 is 0 Å². The quantitative estimate of drug-likeness (QED) is 0.0417. The predicted molar refractivity (Wildman–Crippen MR) is 274 cm³/mol. The van der Waals surface area contributed by atoms with Crippen molar-refractivity contribution in [1.82, 2.24) is 51.0 Å². The van der Waals surface area contributed by atoms with Crippen molar-refractivity contribution in [3.8, 4) is 23.1 Å². The number of aromatic nitrogens is 4. The largest absolute Gasteiger partial charge is 0.453 e. The molecule has 3 aliphatic heterocycles. The van der Waals surface area contributed by atoms with Crippen molar-refractivity contribution in [3.05, 3.63) is 94.9 Å². The molecule has 5 heterocycles. The zero-order valence-electron chi connectivity index (χ0n) is 45.1. The highest BCUT2D eigenvalue weighted by Gasteiger charge is 2.57. The number of hydrogen-bond acceptors (Lipinski definition) is 14. The third kappa shape index (κ3) is 13.8. The number of rotatable bonds is 19. The van der Waals surface area contributed by atoms with Gasteiger partial charge in [0.1, 0.15) is 23.7 Å². The Morgan fingerprint density at radius 1 is 0.753 bits per heavy atom. The Bertz CT molecular complexity index is 2940. The number of carbonyl (C=O) groups excluding carboxylic acids is 4. The van der Waals surface area contributed by atoms with Gasteiger partial charge in [-0.05, 0) is 95.7 Å². The van der Waals surface area contributed by atoms with E-state index in [2.05, 4.69) is 56.9 Å². The Labute approximate surface area is 461 Å². The summed E-state index contributed by atoms with van der Waals surface area (Å²) in [6.45, 7) is 3.44. The fourth-order valence-corrected chi connectivity index (χ4v) is 9.99. The van der Waals surface area contributed by atoms with E-state index < -0.39 is 108 Å². The molecule has 2 aromatic heterocycles. The fraction of sp³-hybridized carbons (Fsp3) is 0.537. The van der Waals surface area contributed by atoms with Crippen LogP contribution in [0.3, 0.4) is 0 Å². The summed E-state index contributed by atoms with van der Waals surface area (Å²) in [4.78, 5) is 67.0. The van der Waals surface area contributed by atoms with Crippen molar-refractivity contribution in [2.75, 3.05) is 52.0 Å². The summed E-state index contributed by atoms with van der Waals surface area (Å²) >= 11 is 0. The van der Waals surface area contributed by atoms with E-state index in [4.69, 9.17) is 4.74 Å². The van der Waals surface area contributed by atoms with Crippen LogP contribution in [-0.2, 0) is 36.8 Å². The lowest BCUT2D eigenvalue weighted by Crippen LogP contribution is -2.63. The van der Waals surface area contributed by atoms with Crippen LogP contribution in [-0.4, -0.2) is 161 Å². The van der Waals surface area contributed by atoms with Crippen LogP contribution < -0.4 is 26.3 Å². The summed E-state index contributed by atoms with van der Waals surface area (Å²) in [6, 6.07) is 4.27. The van der Waals surface area contributed by atoms with E-state index in [0.29, 0.717) is 73.5 Å². The average molecular weight is 1150 g/mol. The number of piperazine rings is 1. The molecule has 3 saturated heterocycles. The molecule has 5 N–H and O–H groups in total. The fourth-order valence-electron chi connectivity index (χ4n) is 9.99. The number of hydrogen-bond donors (Lipinski definition) is 5. The lowest BCUT2D eigenvalue weighted by molar-refractivity contribution is -0.221. The number of anilines is 1. The lowest BCUT2D eigenvalue weighted by Gasteiger charge is -2.47. The molecular weight excluding hydrogens is 1080 g/mol. The normalized spacial score (nSPS) is 19.3. The van der Waals surface area contributed by atoms with Crippen molar-refractivity contribution in [2.24, 2.45) is 10.8 Å². The summed E-state index contributed by atoms with van der Waals surface area (Å²) in [5.41, 5.74) is -3.24. The molecule has 4 aliphatic rings. The molecule has 0 spiro atoms. The van der Waals surface area contributed by atoms with Crippen LogP contribution in [0.1, 0.15) is 81.7 Å². The number of benzene rings is 2. The number of alkyl carbamates (subject to hydrolysis) is 2. The summed E-state index contributed by atoms with van der Waals surface area (Å²) in [5, 5.41) is 23.2. The van der Waals surface area contributed by atoms with Crippen LogP contribution in [0.15, 0.2) is 61.1 Å². The van der Waals surface area contributed by atoms with Gasteiger partial charge in [0.25, 0.3) is 5.91 Å². The molecule has 81 heavy (non-hydrogen) atoms. The third-order valence-corrected chi connectivity index (χ3v) is 15.4. The van der Waals surface area contributed by atoms with E-state index in [1.54, 1.807) is 35.4 Å². The van der Waals surface area contributed by atoms with Crippen molar-refractivity contribution in [2.45, 2.75) is 127 Å². The second-order valence-corrected chi connectivity index (χ2v) is 21.8. The van der Waals surface area contributed by atoms with Crippen molar-refractivity contribution in [1.29, 1.82) is 0 Å². The molecule has 2 unspecified atom stereocenters. The molecule has 1 saturated carbocycles. The minimum Gasteiger partial charge on any atom is -0.453 e. The highest BCUT2D eigenvalue weighted by molar-refractivity contribution is 5.87. The molecule has 6 atom stereocenters. The van der Waals surface area contributed by atoms with Crippen molar-refractivity contribution < 1.29 is 73.6 Å². The molecule has 19 nitrogen and oxygen atoms in total. The molecule has 27 heteroatoms. The number of aliphatic hydroxyl groups is 1. The van der Waals surface area contributed by atoms with Crippen LogP contribution in [0.4, 0.5) is 50.7 Å². The monoisotopic (exact) mass is 1150 g/mol. The van der Waals surface area contributed by atoms with Crippen molar-refractivity contribution in [3.63, 3.8) is 0 Å². The first-order valence-electron chi connectivity index (χ1n) is 26.1. The number of aliphatic hydroxyl groups excluding tert-OH is 1. The van der Waals surface area contributed by atoms with E-state index in [0.717, 1.165) is 78.3 Å². The van der Waals surface area contributed by atoms with Crippen LogP contribution in [0.2, 0.25) is 0 Å². The Kier molecular flexibility index (Phi) is 17.9. The smallest absolute Gasteiger partial charge is 0.407 e. The molecular formula is C54H63F8N11O8. The number of halogens is 8. The van der Waals surface area contributed by atoms with Gasteiger partial charge in [-0.3, -0.25) is 24.6 Å². The van der Waals surface area contributed by atoms with Crippen molar-refractivity contribution >= 4 is 29.9 Å². The zero-order chi connectivity index (χ0) is 58.8. The molecule has 1 aliphatic carbocycles. The molecule has 438 valence electrons. The second-order valence-electron chi connectivity index (χ2n) is 21.8. The molecule has 4 aromatic rings. The number of hydrazine groups is 1. The number of nitrogens with zero attached hydrogens (tertiary/aromatic N) is 7. The van der Waals surface area contributed by atoms with Gasteiger partial charge in [0.15, 0.2) is 0 Å². The van der Waals surface area contributed by atoms with Crippen LogP contribution in [0, 0.1) is 34.3 Å². The summed E-state index contributed by atoms with van der Waals surface area (Å²) in [7, 11) is 1.67. The first-order valence-corrected chi connectivity index (χ1v) is 26.1. The van der Waals surface area contributed by atoms with Gasteiger partial charge < -0.3 is 40.2 Å². The van der Waals surface area contributed by atoms with Crippen LogP contribution in [0.5, 0.6) is 0 Å². The maximum Gasteiger partial charge on any atom is 0.407 e. The topological polar surface area (TPSA) is 218 Å². The van der Waals surface area contributed by atoms with Gasteiger partial charge in [0, 0.05) is 73.5 Å². The molecule has 4 amide bonds. The maximum atomic E-state index is 16.2. The third-order valence-electron chi connectivity index (χ3n) is 15.4. The number of amides is 4. The van der Waals surface area contributed by atoms with Gasteiger partial charge in [-0.15, -0.1) is 0 Å². The molecule has 2 bridgehead atoms. The average Bonchev–Trinajstić information content (AvgIpc) is 4.31. The lowest BCUT2D eigenvalue weighted by atomic mass is 9.82. The van der Waals surface area contributed by atoms with Gasteiger partial charge in [-0.1, -0.05) is 24.0 Å². The van der Waals surface area contributed by atoms with Gasteiger partial charge >= 0.3 is 24.5 Å². The molecule has 4 fully saturated rings.